The van der Waals surface area contributed by atoms with Gasteiger partial charge in [-0.3, -0.25) is 14.6 Å². The molecular weight excluding hydrogens is 304 g/mol. The first-order chi connectivity index (χ1) is 11.7. The summed E-state index contributed by atoms with van der Waals surface area (Å²) in [5.41, 5.74) is 1.72. The van der Waals surface area contributed by atoms with Crippen LogP contribution >= 0.6 is 0 Å². The van der Waals surface area contributed by atoms with Gasteiger partial charge in [0.1, 0.15) is 6.61 Å². The van der Waals surface area contributed by atoms with Gasteiger partial charge in [-0.15, -0.1) is 0 Å². The number of rotatable bonds is 5. The average molecular weight is 320 g/mol. The van der Waals surface area contributed by atoms with E-state index in [1.807, 2.05) is 30.3 Å². The van der Waals surface area contributed by atoms with Crippen LogP contribution in [0.1, 0.15) is 12.0 Å². The van der Waals surface area contributed by atoms with Gasteiger partial charge in [0.2, 0.25) is 5.78 Å². The van der Waals surface area contributed by atoms with E-state index in [9.17, 15) is 9.59 Å². The Morgan fingerprint density at radius 3 is 2.75 bits per heavy atom. The van der Waals surface area contributed by atoms with Crippen molar-refractivity contribution in [3.8, 4) is 0 Å². The van der Waals surface area contributed by atoms with Gasteiger partial charge in [-0.1, -0.05) is 36.4 Å². The van der Waals surface area contributed by atoms with Crippen LogP contribution in [0, 0.1) is 0 Å². The van der Waals surface area contributed by atoms with Gasteiger partial charge in [0.05, 0.1) is 17.5 Å². The van der Waals surface area contributed by atoms with Crippen molar-refractivity contribution in [1.29, 1.82) is 0 Å². The Hall–Kier alpha value is -3.21. The third-order valence-electron chi connectivity index (χ3n) is 3.48. The molecule has 0 atom stereocenters. The number of hydrogen-bond acceptors (Lipinski definition) is 4. The summed E-state index contributed by atoms with van der Waals surface area (Å²) in [6, 6.07) is 12.9. The van der Waals surface area contributed by atoms with Crippen molar-refractivity contribution < 1.29 is 14.3 Å². The second-order valence-corrected chi connectivity index (χ2v) is 5.24. The van der Waals surface area contributed by atoms with Crippen LogP contribution in [-0.2, 0) is 20.9 Å². The number of nitrogens with one attached hydrogen (secondary N) is 1. The van der Waals surface area contributed by atoms with E-state index in [1.165, 1.54) is 6.20 Å². The largest absolute Gasteiger partial charge is 0.484 e. The second kappa shape index (κ2) is 7.37. The molecule has 1 aromatic heterocycles. The fourth-order valence-corrected chi connectivity index (χ4v) is 2.30. The summed E-state index contributed by atoms with van der Waals surface area (Å²) in [6.45, 7) is 0.236. The normalized spacial score (nSPS) is 13.8. The van der Waals surface area contributed by atoms with E-state index >= 15 is 0 Å². The number of aromatic nitrogens is 1. The molecule has 0 unspecified atom stereocenters. The highest BCUT2D eigenvalue weighted by Gasteiger charge is 2.23. The van der Waals surface area contributed by atoms with Crippen molar-refractivity contribution in [3.63, 3.8) is 0 Å². The number of Topliss-reactive ketones (excluding diaryl/α,β-unsaturated/α-hetero) is 1. The predicted molar refractivity (Wildman–Crippen MR) is 89.9 cm³/mol. The monoisotopic (exact) mass is 320 g/mol. The van der Waals surface area contributed by atoms with Crippen molar-refractivity contribution in [2.45, 2.75) is 13.0 Å². The predicted octanol–water partition coefficient (Wildman–Crippen LogP) is 3.02. The number of allylic oxidation sites excluding steroid dienone is 2. The van der Waals surface area contributed by atoms with Crippen LogP contribution < -0.4 is 5.32 Å². The maximum absolute atomic E-state index is 12.5. The summed E-state index contributed by atoms with van der Waals surface area (Å²) < 4.78 is 5.66. The topological polar surface area (TPSA) is 68.3 Å². The number of nitrogens with zero attached hydrogens (tertiary/aromatic N) is 1. The molecule has 1 aromatic carbocycles. The molecule has 24 heavy (non-hydrogen) atoms. The standard InChI is InChI=1S/C19H16N2O3/c22-17-10-4-9-16(19(23)21-15-8-5-11-20-12-15)18(17)24-13-14-6-2-1-3-7-14/h1-9,11-12H,10,13H2,(H,21,23). The van der Waals surface area contributed by atoms with E-state index in [0.29, 0.717) is 5.69 Å². The summed E-state index contributed by atoms with van der Waals surface area (Å²) >= 11 is 0. The fourth-order valence-electron chi connectivity index (χ4n) is 2.30. The molecule has 1 amide bonds. The van der Waals surface area contributed by atoms with E-state index in [4.69, 9.17) is 4.74 Å². The van der Waals surface area contributed by atoms with Crippen LogP contribution in [0.5, 0.6) is 0 Å². The minimum Gasteiger partial charge on any atom is -0.484 e. The Morgan fingerprint density at radius 2 is 2.00 bits per heavy atom. The molecule has 1 N–H and O–H groups in total. The number of ether oxygens (including phenoxy) is 1. The van der Waals surface area contributed by atoms with Gasteiger partial charge in [-0.05, 0) is 23.8 Å². The molecule has 2 aromatic rings. The SMILES string of the molecule is O=C1CC=CC(C(=O)Nc2cccnc2)=C1OCc1ccccc1. The molecule has 5 heteroatoms. The number of hydrogen-bond donors (Lipinski definition) is 1. The summed E-state index contributed by atoms with van der Waals surface area (Å²) in [7, 11) is 0. The number of carbonyl (C=O) groups is 2. The lowest BCUT2D eigenvalue weighted by Gasteiger charge is -2.16. The molecular formula is C19H16N2O3. The van der Waals surface area contributed by atoms with Crippen molar-refractivity contribution in [1.82, 2.24) is 4.98 Å². The van der Waals surface area contributed by atoms with E-state index < -0.39 is 5.91 Å². The minimum atomic E-state index is -0.393. The highest BCUT2D eigenvalue weighted by atomic mass is 16.5. The first-order valence-electron chi connectivity index (χ1n) is 7.56. The van der Waals surface area contributed by atoms with Crippen LogP contribution in [0.25, 0.3) is 0 Å². The van der Waals surface area contributed by atoms with E-state index in [0.717, 1.165) is 5.56 Å². The maximum Gasteiger partial charge on any atom is 0.259 e. The van der Waals surface area contributed by atoms with Gasteiger partial charge in [0, 0.05) is 12.6 Å². The molecule has 0 bridgehead atoms. The lowest BCUT2D eigenvalue weighted by atomic mass is 10.0. The second-order valence-electron chi connectivity index (χ2n) is 5.24. The summed E-state index contributed by atoms with van der Waals surface area (Å²) in [4.78, 5) is 28.6. The number of anilines is 1. The molecule has 0 saturated carbocycles. The van der Waals surface area contributed by atoms with Gasteiger partial charge in [0.25, 0.3) is 5.91 Å². The minimum absolute atomic E-state index is 0.0998. The van der Waals surface area contributed by atoms with Crippen LogP contribution in [0.2, 0.25) is 0 Å². The lowest BCUT2D eigenvalue weighted by molar-refractivity contribution is -0.120. The zero-order valence-corrected chi connectivity index (χ0v) is 12.9. The highest BCUT2D eigenvalue weighted by molar-refractivity contribution is 6.12. The summed E-state index contributed by atoms with van der Waals surface area (Å²) in [6.07, 6.45) is 6.67. The molecule has 0 aliphatic heterocycles. The molecule has 3 rings (SSSR count). The summed E-state index contributed by atoms with van der Waals surface area (Å²) in [5.74, 6) is -0.497. The third kappa shape index (κ3) is 3.76. The molecule has 120 valence electrons. The first-order valence-corrected chi connectivity index (χ1v) is 7.56. The van der Waals surface area contributed by atoms with E-state index in [2.05, 4.69) is 10.3 Å². The number of ketones is 1. The zero-order valence-electron chi connectivity index (χ0n) is 12.9. The number of benzene rings is 1. The number of amides is 1. The van der Waals surface area contributed by atoms with Crippen LogP contribution in [0.15, 0.2) is 78.3 Å². The zero-order chi connectivity index (χ0) is 16.8. The Bertz CT molecular complexity index is 796. The van der Waals surface area contributed by atoms with Crippen molar-refractivity contribution in [2.75, 3.05) is 5.32 Å². The molecule has 0 radical (unpaired) electrons. The number of carbonyl (C=O) groups excluding carboxylic acids is 2. The van der Waals surface area contributed by atoms with Crippen molar-refractivity contribution in [2.24, 2.45) is 0 Å². The average Bonchev–Trinajstić information content (AvgIpc) is 2.62. The van der Waals surface area contributed by atoms with Crippen molar-refractivity contribution in [3.05, 3.63) is 83.9 Å². The molecule has 0 spiro atoms. The Balaban J connectivity index is 1.79. The van der Waals surface area contributed by atoms with Gasteiger partial charge in [0.15, 0.2) is 5.76 Å². The van der Waals surface area contributed by atoms with Crippen molar-refractivity contribution >= 4 is 17.4 Å². The van der Waals surface area contributed by atoms with Gasteiger partial charge < -0.3 is 10.1 Å². The van der Waals surface area contributed by atoms with E-state index in [-0.39, 0.29) is 30.1 Å². The molecule has 0 saturated heterocycles. The molecule has 1 heterocycles. The molecule has 1 aliphatic rings. The lowest BCUT2D eigenvalue weighted by Crippen LogP contribution is -2.21. The quantitative estimate of drug-likeness (QED) is 0.919. The van der Waals surface area contributed by atoms with E-state index in [1.54, 1.807) is 30.5 Å². The Labute approximate surface area is 139 Å². The van der Waals surface area contributed by atoms with Gasteiger partial charge in [-0.25, -0.2) is 0 Å². The maximum atomic E-state index is 12.5. The summed E-state index contributed by atoms with van der Waals surface area (Å²) in [5, 5.41) is 2.72. The van der Waals surface area contributed by atoms with Crippen LogP contribution in [-0.4, -0.2) is 16.7 Å². The Morgan fingerprint density at radius 1 is 1.17 bits per heavy atom. The van der Waals surface area contributed by atoms with Crippen LogP contribution in [0.3, 0.4) is 0 Å². The Kier molecular flexibility index (Phi) is 4.81. The molecule has 5 nitrogen and oxygen atoms in total. The third-order valence-corrected chi connectivity index (χ3v) is 3.48. The fraction of sp³-hybridized carbons (Fsp3) is 0.105. The molecule has 0 fully saturated rings. The highest BCUT2D eigenvalue weighted by Crippen LogP contribution is 2.20. The smallest absolute Gasteiger partial charge is 0.259 e. The van der Waals surface area contributed by atoms with Crippen LogP contribution in [0.4, 0.5) is 5.69 Å². The van der Waals surface area contributed by atoms with Gasteiger partial charge >= 0.3 is 0 Å². The first kappa shape index (κ1) is 15.7. The molecule has 1 aliphatic carbocycles. The number of pyridine rings is 1. The van der Waals surface area contributed by atoms with Gasteiger partial charge in [-0.2, -0.15) is 0 Å².